The molecule has 1 unspecified atom stereocenters. The van der Waals surface area contributed by atoms with E-state index in [0.29, 0.717) is 35.6 Å². The molecule has 3 rings (SSSR count). The largest absolute Gasteiger partial charge is 0.386 e. The molecule has 1 aliphatic rings. The average Bonchev–Trinajstić information content (AvgIpc) is 2.88. The molecule has 2 heterocycles. The maximum atomic E-state index is 12.0. The first-order chi connectivity index (χ1) is 18.4. The number of hydrogen-bond donors (Lipinski definition) is 4. The summed E-state index contributed by atoms with van der Waals surface area (Å²) in [5, 5.41) is 19.9. The summed E-state index contributed by atoms with van der Waals surface area (Å²) in [6.07, 6.45) is 8.40. The molecule has 0 radical (unpaired) electrons. The number of carbonyl (C=O) groups is 1. The van der Waals surface area contributed by atoms with Gasteiger partial charge in [-0.25, -0.2) is 9.97 Å². The highest BCUT2D eigenvalue weighted by Crippen LogP contribution is 2.34. The Bertz CT molecular complexity index is 1250. The van der Waals surface area contributed by atoms with Crippen LogP contribution in [-0.2, 0) is 15.1 Å². The van der Waals surface area contributed by atoms with Crippen LogP contribution in [0.1, 0.15) is 31.5 Å². The number of amides is 1. The zero-order valence-electron chi connectivity index (χ0n) is 23.7. The molecule has 12 nitrogen and oxygen atoms in total. The summed E-state index contributed by atoms with van der Waals surface area (Å²) in [5.41, 5.74) is 1.28. The number of nitrogens with zero attached hydrogens (tertiary/aromatic N) is 6. The second-order valence-electron chi connectivity index (χ2n) is 10.1. The number of hydrogen-bond acceptors (Lipinski definition) is 11. The van der Waals surface area contributed by atoms with Gasteiger partial charge in [-0.1, -0.05) is 12.7 Å². The Balaban J connectivity index is 1.95. The van der Waals surface area contributed by atoms with E-state index in [1.807, 2.05) is 40.2 Å². The quantitative estimate of drug-likeness (QED) is 0.234. The fourth-order valence-corrected chi connectivity index (χ4v) is 4.16. The lowest BCUT2D eigenvalue weighted by Crippen LogP contribution is -2.54. The first kappa shape index (κ1) is 29.8. The van der Waals surface area contributed by atoms with Crippen LogP contribution in [0.2, 0.25) is 0 Å². The van der Waals surface area contributed by atoms with E-state index in [4.69, 9.17) is 4.74 Å². The lowest BCUT2D eigenvalue weighted by molar-refractivity contribution is -0.115. The third kappa shape index (κ3) is 7.45. The van der Waals surface area contributed by atoms with Gasteiger partial charge < -0.3 is 30.7 Å². The van der Waals surface area contributed by atoms with Gasteiger partial charge in [0.05, 0.1) is 23.2 Å². The highest BCUT2D eigenvalue weighted by atomic mass is 16.5. The Morgan fingerprint density at radius 1 is 1.21 bits per heavy atom. The van der Waals surface area contributed by atoms with Crippen LogP contribution in [0.4, 0.5) is 17.6 Å². The first-order valence-corrected chi connectivity index (χ1v) is 12.6. The average molecular weight is 538 g/mol. The van der Waals surface area contributed by atoms with E-state index in [1.54, 1.807) is 33.2 Å². The summed E-state index contributed by atoms with van der Waals surface area (Å²) < 4.78 is 6.10. The van der Waals surface area contributed by atoms with E-state index in [0.717, 1.165) is 12.2 Å². The van der Waals surface area contributed by atoms with E-state index in [1.165, 1.54) is 12.4 Å². The maximum Gasteiger partial charge on any atom is 0.247 e. The fraction of sp³-hybridized carbons (Fsp3) is 0.444. The number of carbonyl (C=O) groups excluding carboxylic acids is 1. The van der Waals surface area contributed by atoms with Crippen LogP contribution in [0.15, 0.2) is 54.8 Å². The van der Waals surface area contributed by atoms with Gasteiger partial charge in [0, 0.05) is 43.6 Å². The van der Waals surface area contributed by atoms with Crippen molar-refractivity contribution in [2.24, 2.45) is 0 Å². The highest BCUT2D eigenvalue weighted by molar-refractivity contribution is 5.88. The highest BCUT2D eigenvalue weighted by Gasteiger charge is 2.41. The van der Waals surface area contributed by atoms with Gasteiger partial charge in [0.15, 0.2) is 5.72 Å². The van der Waals surface area contributed by atoms with Crippen molar-refractivity contribution in [3.8, 4) is 0 Å². The number of rotatable bonds is 12. The van der Waals surface area contributed by atoms with E-state index < -0.39 is 11.3 Å². The van der Waals surface area contributed by atoms with Gasteiger partial charge in [-0.2, -0.15) is 4.98 Å². The third-order valence-electron chi connectivity index (χ3n) is 6.37. The molecule has 0 fully saturated rings. The summed E-state index contributed by atoms with van der Waals surface area (Å²) >= 11 is 0. The van der Waals surface area contributed by atoms with Crippen molar-refractivity contribution in [3.63, 3.8) is 0 Å². The molecule has 39 heavy (non-hydrogen) atoms. The van der Waals surface area contributed by atoms with Crippen molar-refractivity contribution in [2.75, 3.05) is 52.0 Å². The van der Waals surface area contributed by atoms with Crippen molar-refractivity contribution in [2.45, 2.75) is 38.5 Å². The van der Waals surface area contributed by atoms with E-state index in [9.17, 15) is 9.90 Å². The molecule has 0 aliphatic heterocycles. The molecule has 0 saturated carbocycles. The molecule has 0 bridgehead atoms. The van der Waals surface area contributed by atoms with Crippen LogP contribution in [0.3, 0.4) is 0 Å². The van der Waals surface area contributed by atoms with E-state index in [2.05, 4.69) is 52.3 Å². The number of likely N-dealkylation sites (N-methyl/N-ethyl adjacent to an activating group) is 2. The zero-order valence-corrected chi connectivity index (χ0v) is 23.7. The summed E-state index contributed by atoms with van der Waals surface area (Å²) in [5.74, 6) is 0.214. The van der Waals surface area contributed by atoms with Crippen LogP contribution < -0.4 is 16.0 Å². The summed E-state index contributed by atoms with van der Waals surface area (Å²) in [7, 11) is 7.65. The van der Waals surface area contributed by atoms with E-state index in [-0.39, 0.29) is 17.8 Å². The third-order valence-corrected chi connectivity index (χ3v) is 6.37. The topological polar surface area (TPSA) is 141 Å². The number of aryl methyl sites for hydroxylation is 1. The number of anilines is 3. The van der Waals surface area contributed by atoms with Crippen molar-refractivity contribution < 1.29 is 14.6 Å². The number of pyridine rings is 1. The van der Waals surface area contributed by atoms with Crippen LogP contribution in [0.25, 0.3) is 0 Å². The molecule has 0 saturated heterocycles. The second kappa shape index (κ2) is 12.4. The number of allylic oxidation sites excluding steroid dienone is 1. The van der Waals surface area contributed by atoms with Crippen molar-refractivity contribution >= 4 is 23.5 Å². The minimum atomic E-state index is -1.11. The zero-order chi connectivity index (χ0) is 28.8. The lowest BCUT2D eigenvalue weighted by Gasteiger charge is -2.44. The maximum absolute atomic E-state index is 12.0. The molecule has 2 aromatic rings. The van der Waals surface area contributed by atoms with Gasteiger partial charge >= 0.3 is 0 Å². The number of methoxy groups -OCH3 is 1. The minimum absolute atomic E-state index is 0.264. The smallest absolute Gasteiger partial charge is 0.247 e. The number of nitrogens with one attached hydrogen (secondary N) is 3. The molecule has 1 aliphatic carbocycles. The Kier molecular flexibility index (Phi) is 9.51. The normalized spacial score (nSPS) is 17.5. The monoisotopic (exact) mass is 537 g/mol. The predicted molar refractivity (Wildman–Crippen MR) is 151 cm³/mol. The molecule has 1 amide bonds. The van der Waals surface area contributed by atoms with Crippen molar-refractivity contribution in [1.82, 2.24) is 35.1 Å². The van der Waals surface area contributed by atoms with Crippen LogP contribution in [0, 0.1) is 6.92 Å². The predicted octanol–water partition coefficient (Wildman–Crippen LogP) is 2.27. The fourth-order valence-electron chi connectivity index (χ4n) is 4.16. The summed E-state index contributed by atoms with van der Waals surface area (Å²) in [6.45, 7) is 10.3. The van der Waals surface area contributed by atoms with Gasteiger partial charge in [-0.3, -0.25) is 14.7 Å². The number of aromatic nitrogens is 4. The SMILES string of the molecule is C=CC(=O)NC1=CCC(OC)(N(C)CCN(C)C)C(Nc2ncnc(Nc3cnc(C)cc3C(C)(C)O)n2)=C1. The second-order valence-corrected chi connectivity index (χ2v) is 10.1. The van der Waals surface area contributed by atoms with E-state index >= 15 is 0 Å². The molecule has 12 heteroatoms. The summed E-state index contributed by atoms with van der Waals surface area (Å²) in [4.78, 5) is 33.6. The standard InChI is InChI=1S/C27H39N9O3/c1-9-23(37)31-19-10-11-27(39-8,36(7)13-12-35(5)6)22(15-19)33-25-30-17-29-24(34-25)32-21-16-28-18(2)14-20(21)26(3,4)38/h9-10,14-17,38H,1,11-13H2,2-8H3,(H,31,37)(H2,29,30,32,33,34). The lowest BCUT2D eigenvalue weighted by atomic mass is 9.96. The van der Waals surface area contributed by atoms with Crippen molar-refractivity contribution in [1.29, 1.82) is 0 Å². The molecular formula is C27H39N9O3. The Labute approximate surface area is 229 Å². The Hall–Kier alpha value is -3.71. The molecule has 4 N–H and O–H groups in total. The van der Waals surface area contributed by atoms with Gasteiger partial charge in [-0.15, -0.1) is 0 Å². The first-order valence-electron chi connectivity index (χ1n) is 12.6. The van der Waals surface area contributed by atoms with Gasteiger partial charge in [0.25, 0.3) is 0 Å². The molecule has 210 valence electrons. The number of ether oxygens (including phenoxy) is 1. The van der Waals surface area contributed by atoms with Crippen molar-refractivity contribution in [3.05, 3.63) is 66.0 Å². The molecular weight excluding hydrogens is 498 g/mol. The van der Waals surface area contributed by atoms with Crippen LogP contribution >= 0.6 is 0 Å². The van der Waals surface area contributed by atoms with Gasteiger partial charge in [0.2, 0.25) is 17.8 Å². The molecule has 0 spiro atoms. The van der Waals surface area contributed by atoms with Crippen LogP contribution in [0.5, 0.6) is 0 Å². The summed E-state index contributed by atoms with van der Waals surface area (Å²) in [6, 6.07) is 1.82. The molecule has 2 aromatic heterocycles. The van der Waals surface area contributed by atoms with Gasteiger partial charge in [0.1, 0.15) is 6.33 Å². The Morgan fingerprint density at radius 2 is 1.90 bits per heavy atom. The van der Waals surface area contributed by atoms with Gasteiger partial charge in [-0.05, 0) is 60.1 Å². The van der Waals surface area contributed by atoms with Crippen LogP contribution in [-0.4, -0.2) is 87.8 Å². The number of aliphatic hydroxyl groups is 1. The Morgan fingerprint density at radius 3 is 2.51 bits per heavy atom. The molecule has 1 atom stereocenters. The molecule has 0 aromatic carbocycles. The minimum Gasteiger partial charge on any atom is -0.386 e.